The summed E-state index contributed by atoms with van der Waals surface area (Å²) in [5, 5.41) is 0.859. The van der Waals surface area contributed by atoms with Gasteiger partial charge in [0.05, 0.1) is 0 Å². The van der Waals surface area contributed by atoms with Gasteiger partial charge in [-0.1, -0.05) is 55.2 Å². The third-order valence-electron chi connectivity index (χ3n) is 3.89. The zero-order chi connectivity index (χ0) is 11.4. The van der Waals surface area contributed by atoms with E-state index in [0.29, 0.717) is 0 Å². The summed E-state index contributed by atoms with van der Waals surface area (Å²) in [6.45, 7) is 2.33. The van der Waals surface area contributed by atoms with E-state index in [1.54, 1.807) is 18.1 Å². The van der Waals surface area contributed by atoms with Crippen LogP contribution in [0.1, 0.15) is 37.7 Å². The van der Waals surface area contributed by atoms with E-state index < -0.39 is 0 Å². The minimum atomic E-state index is -0.324. The summed E-state index contributed by atoms with van der Waals surface area (Å²) in [4.78, 5) is 0. The molecule has 1 saturated heterocycles. The quantitative estimate of drug-likeness (QED) is 0.675. The molecule has 0 saturated carbocycles. The Labute approximate surface area is 106 Å². The van der Waals surface area contributed by atoms with Gasteiger partial charge in [0.15, 0.2) is 0 Å². The van der Waals surface area contributed by atoms with Crippen LogP contribution in [0.2, 0.25) is 23.2 Å². The van der Waals surface area contributed by atoms with Crippen molar-refractivity contribution in [2.24, 2.45) is 0 Å². The first-order valence-corrected chi connectivity index (χ1v) is 9.37. The van der Waals surface area contributed by atoms with Gasteiger partial charge in [-0.25, -0.2) is 0 Å². The van der Waals surface area contributed by atoms with Crippen molar-refractivity contribution in [3.05, 3.63) is 34.9 Å². The van der Waals surface area contributed by atoms with E-state index in [-0.39, 0.29) is 8.80 Å². The van der Waals surface area contributed by atoms with E-state index in [4.69, 9.17) is 11.6 Å². The highest BCUT2D eigenvalue weighted by atomic mass is 35.5. The monoisotopic (exact) mass is 252 g/mol. The Morgan fingerprint density at radius 1 is 1.19 bits per heavy atom. The Hall–Kier alpha value is -0.273. The van der Waals surface area contributed by atoms with Crippen LogP contribution in [0, 0.1) is 0 Å². The fraction of sp³-hybridized carbons (Fsp3) is 0.571. The summed E-state index contributed by atoms with van der Waals surface area (Å²) in [5.41, 5.74) is 1.51. The Bertz CT molecular complexity index is 312. The van der Waals surface area contributed by atoms with Gasteiger partial charge in [0.2, 0.25) is 0 Å². The Balaban J connectivity index is 1.91. The molecule has 1 fully saturated rings. The number of benzene rings is 1. The van der Waals surface area contributed by atoms with Crippen molar-refractivity contribution in [2.75, 3.05) is 0 Å². The first-order valence-electron chi connectivity index (χ1n) is 6.55. The number of hydrogen-bond donors (Lipinski definition) is 0. The molecule has 88 valence electrons. The third-order valence-corrected chi connectivity index (χ3v) is 7.83. The SMILES string of the molecule is CCC[SiH]1CCC(c2ccc(Cl)cc2)CC1. The van der Waals surface area contributed by atoms with Crippen molar-refractivity contribution in [3.63, 3.8) is 0 Å². The zero-order valence-corrected chi connectivity index (χ0v) is 12.0. The van der Waals surface area contributed by atoms with Crippen molar-refractivity contribution < 1.29 is 0 Å². The van der Waals surface area contributed by atoms with Gasteiger partial charge < -0.3 is 0 Å². The molecule has 2 rings (SSSR count). The van der Waals surface area contributed by atoms with E-state index in [1.807, 2.05) is 12.1 Å². The van der Waals surface area contributed by atoms with Crippen LogP contribution >= 0.6 is 11.6 Å². The molecule has 0 bridgehead atoms. The number of rotatable bonds is 3. The average molecular weight is 253 g/mol. The van der Waals surface area contributed by atoms with Crippen LogP contribution in [0.25, 0.3) is 0 Å². The van der Waals surface area contributed by atoms with E-state index >= 15 is 0 Å². The lowest BCUT2D eigenvalue weighted by molar-refractivity contribution is 0.606. The van der Waals surface area contributed by atoms with Crippen molar-refractivity contribution in [3.8, 4) is 0 Å². The molecular weight excluding hydrogens is 232 g/mol. The largest absolute Gasteiger partial charge is 0.0843 e. The Morgan fingerprint density at radius 2 is 1.81 bits per heavy atom. The van der Waals surface area contributed by atoms with Crippen molar-refractivity contribution in [2.45, 2.75) is 50.2 Å². The highest BCUT2D eigenvalue weighted by Gasteiger charge is 2.22. The van der Waals surface area contributed by atoms with Crippen LogP contribution < -0.4 is 0 Å². The van der Waals surface area contributed by atoms with Crippen LogP contribution in [0.3, 0.4) is 0 Å². The molecule has 1 aliphatic rings. The molecule has 0 unspecified atom stereocenters. The van der Waals surface area contributed by atoms with E-state index in [9.17, 15) is 0 Å². The maximum absolute atomic E-state index is 5.92. The van der Waals surface area contributed by atoms with Gasteiger partial charge in [-0.3, -0.25) is 0 Å². The van der Waals surface area contributed by atoms with Gasteiger partial charge in [0.25, 0.3) is 0 Å². The summed E-state index contributed by atoms with van der Waals surface area (Å²) < 4.78 is 0. The Kier molecular flexibility index (Phi) is 4.48. The second-order valence-electron chi connectivity index (χ2n) is 5.06. The summed E-state index contributed by atoms with van der Waals surface area (Å²) >= 11 is 5.92. The molecule has 0 amide bonds. The predicted molar refractivity (Wildman–Crippen MR) is 75.3 cm³/mol. The average Bonchev–Trinajstić information content (AvgIpc) is 2.32. The molecule has 0 radical (unpaired) electrons. The minimum Gasteiger partial charge on any atom is -0.0843 e. The maximum Gasteiger partial charge on any atom is 0.0406 e. The van der Waals surface area contributed by atoms with Gasteiger partial charge >= 0.3 is 0 Å². The molecule has 1 aliphatic heterocycles. The first-order chi connectivity index (χ1) is 7.79. The molecule has 1 aromatic carbocycles. The smallest absolute Gasteiger partial charge is 0.0406 e. The highest BCUT2D eigenvalue weighted by Crippen LogP contribution is 2.35. The lowest BCUT2D eigenvalue weighted by atomic mass is 9.94. The van der Waals surface area contributed by atoms with E-state index in [1.165, 1.54) is 24.8 Å². The highest BCUT2D eigenvalue weighted by molar-refractivity contribution is 6.59. The van der Waals surface area contributed by atoms with Crippen LogP contribution in [-0.4, -0.2) is 8.80 Å². The Morgan fingerprint density at radius 3 is 2.38 bits per heavy atom. The van der Waals surface area contributed by atoms with Gasteiger partial charge in [-0.2, -0.15) is 0 Å². The molecule has 1 heterocycles. The normalized spacial score (nSPS) is 25.6. The van der Waals surface area contributed by atoms with Crippen molar-refractivity contribution >= 4 is 20.4 Å². The summed E-state index contributed by atoms with van der Waals surface area (Å²) in [6, 6.07) is 13.2. The molecule has 0 atom stereocenters. The standard InChI is InChI=1S/C14H21ClSi/c1-2-9-16-10-7-13(8-11-16)12-3-5-14(15)6-4-12/h3-6,13,16H,2,7-11H2,1H3. The van der Waals surface area contributed by atoms with Gasteiger partial charge in [-0.15, -0.1) is 0 Å². The number of halogens is 1. The second-order valence-corrected chi connectivity index (χ2v) is 8.96. The lowest BCUT2D eigenvalue weighted by Crippen LogP contribution is -2.19. The topological polar surface area (TPSA) is 0 Å². The van der Waals surface area contributed by atoms with Gasteiger partial charge in [0, 0.05) is 13.8 Å². The van der Waals surface area contributed by atoms with Crippen molar-refractivity contribution in [1.29, 1.82) is 0 Å². The first kappa shape index (κ1) is 12.2. The molecule has 2 heteroatoms. The summed E-state index contributed by atoms with van der Waals surface area (Å²) in [7, 11) is -0.324. The van der Waals surface area contributed by atoms with Crippen molar-refractivity contribution in [1.82, 2.24) is 0 Å². The molecule has 0 nitrogen and oxygen atoms in total. The van der Waals surface area contributed by atoms with Crippen LogP contribution in [0.15, 0.2) is 24.3 Å². The molecule has 0 spiro atoms. The summed E-state index contributed by atoms with van der Waals surface area (Å²) in [6.07, 6.45) is 4.26. The molecule has 16 heavy (non-hydrogen) atoms. The number of hydrogen-bond acceptors (Lipinski definition) is 0. The maximum atomic E-state index is 5.92. The second kappa shape index (κ2) is 5.88. The van der Waals surface area contributed by atoms with Crippen LogP contribution in [0.5, 0.6) is 0 Å². The lowest BCUT2D eigenvalue weighted by Gasteiger charge is -2.27. The van der Waals surface area contributed by atoms with E-state index in [0.717, 1.165) is 10.9 Å². The predicted octanol–water partition coefficient (Wildman–Crippen LogP) is 4.85. The van der Waals surface area contributed by atoms with Crippen LogP contribution in [0.4, 0.5) is 0 Å². The third kappa shape index (κ3) is 3.11. The van der Waals surface area contributed by atoms with Crippen LogP contribution in [-0.2, 0) is 0 Å². The van der Waals surface area contributed by atoms with Gasteiger partial charge in [0.1, 0.15) is 0 Å². The molecular formula is C14H21ClSi. The molecule has 1 aromatic rings. The summed E-state index contributed by atoms with van der Waals surface area (Å²) in [5.74, 6) is 0.817. The van der Waals surface area contributed by atoms with E-state index in [2.05, 4.69) is 19.1 Å². The fourth-order valence-electron chi connectivity index (χ4n) is 2.93. The molecule has 0 N–H and O–H groups in total. The molecule has 0 aliphatic carbocycles. The zero-order valence-electron chi connectivity index (χ0n) is 10.1. The molecule has 0 aromatic heterocycles. The van der Waals surface area contributed by atoms with Gasteiger partial charge in [-0.05, 0) is 36.5 Å². The minimum absolute atomic E-state index is 0.324. The fourth-order valence-corrected chi connectivity index (χ4v) is 6.48.